The fourth-order valence-corrected chi connectivity index (χ4v) is 2.05. The molecule has 0 amide bonds. The van der Waals surface area contributed by atoms with Gasteiger partial charge in [-0.05, 0) is 43.1 Å². The van der Waals surface area contributed by atoms with Crippen molar-refractivity contribution in [2.45, 2.75) is 20.3 Å². The Morgan fingerprint density at radius 3 is 2.89 bits per heavy atom. The van der Waals surface area contributed by atoms with Crippen molar-refractivity contribution in [3.63, 3.8) is 0 Å². The minimum atomic E-state index is -0.476. The molecule has 2 nitrogen and oxygen atoms in total. The minimum Gasteiger partial charge on any atom is -0.461 e. The maximum absolute atomic E-state index is 13.7. The summed E-state index contributed by atoms with van der Waals surface area (Å²) < 4.78 is 18.9. The third kappa shape index (κ3) is 2.85. The molecule has 0 bridgehead atoms. The lowest BCUT2D eigenvalue weighted by Crippen LogP contribution is -2.21. The van der Waals surface area contributed by atoms with Crippen LogP contribution in [0.5, 0.6) is 0 Å². The van der Waals surface area contributed by atoms with Crippen LogP contribution in [0.2, 0.25) is 5.02 Å². The van der Waals surface area contributed by atoms with E-state index in [4.69, 9.17) is 16.0 Å². The largest absolute Gasteiger partial charge is 0.461 e. The molecule has 0 aliphatic heterocycles. The Kier molecular flexibility index (Phi) is 4.25. The van der Waals surface area contributed by atoms with E-state index in [1.54, 1.807) is 12.3 Å². The smallest absolute Gasteiger partial charge is 0.184 e. The molecule has 0 aliphatic rings. The molecule has 2 rings (SSSR count). The van der Waals surface area contributed by atoms with Gasteiger partial charge in [-0.15, -0.1) is 0 Å². The van der Waals surface area contributed by atoms with Gasteiger partial charge in [0.25, 0.3) is 0 Å². The van der Waals surface area contributed by atoms with Crippen LogP contribution in [0.3, 0.4) is 0 Å². The topological polar surface area (TPSA) is 25.2 Å². The van der Waals surface area contributed by atoms with Gasteiger partial charge in [-0.25, -0.2) is 4.39 Å². The summed E-state index contributed by atoms with van der Waals surface area (Å²) in [6.45, 7) is 6.17. The first kappa shape index (κ1) is 13.4. The van der Waals surface area contributed by atoms with E-state index in [9.17, 15) is 4.39 Å². The van der Waals surface area contributed by atoms with Crippen LogP contribution in [0.25, 0.3) is 11.0 Å². The molecule has 2 aromatic rings. The predicted molar refractivity (Wildman–Crippen MR) is 72.6 cm³/mol. The molecular weight excluding hydrogens is 253 g/mol. The summed E-state index contributed by atoms with van der Waals surface area (Å²) in [4.78, 5) is 0. The number of furan rings is 1. The number of fused-ring (bicyclic) bond motifs is 1. The summed E-state index contributed by atoms with van der Waals surface area (Å²) in [6, 6.07) is 3.38. The zero-order valence-corrected chi connectivity index (χ0v) is 11.4. The molecule has 0 saturated heterocycles. The Balaban J connectivity index is 2.08. The van der Waals surface area contributed by atoms with Gasteiger partial charge in [0, 0.05) is 5.39 Å². The van der Waals surface area contributed by atoms with Gasteiger partial charge in [0.05, 0.1) is 11.3 Å². The molecule has 0 aliphatic carbocycles. The zero-order chi connectivity index (χ0) is 13.1. The van der Waals surface area contributed by atoms with Gasteiger partial charge in [-0.1, -0.05) is 25.4 Å². The summed E-state index contributed by atoms with van der Waals surface area (Å²) in [5.41, 5.74) is 1.26. The molecule has 1 aromatic carbocycles. The van der Waals surface area contributed by atoms with Crippen LogP contribution in [-0.4, -0.2) is 13.1 Å². The molecule has 0 radical (unpaired) electrons. The molecule has 1 N–H and O–H groups in total. The van der Waals surface area contributed by atoms with Crippen molar-refractivity contribution in [3.05, 3.63) is 34.8 Å². The monoisotopic (exact) mass is 269 g/mol. The van der Waals surface area contributed by atoms with Crippen LogP contribution in [0, 0.1) is 11.7 Å². The molecule has 0 unspecified atom stereocenters. The van der Waals surface area contributed by atoms with Gasteiger partial charge in [-0.2, -0.15) is 0 Å². The Morgan fingerprint density at radius 2 is 2.17 bits per heavy atom. The average Bonchev–Trinajstić information content (AvgIpc) is 2.73. The highest BCUT2D eigenvalue weighted by atomic mass is 35.5. The van der Waals surface area contributed by atoms with Gasteiger partial charge >= 0.3 is 0 Å². The molecule has 1 heterocycles. The molecule has 0 fully saturated rings. The van der Waals surface area contributed by atoms with Crippen molar-refractivity contribution < 1.29 is 8.81 Å². The van der Waals surface area contributed by atoms with E-state index in [1.807, 2.05) is 6.07 Å². The second kappa shape index (κ2) is 5.72. The highest BCUT2D eigenvalue weighted by Crippen LogP contribution is 2.28. The standard InChI is InChI=1S/C14H17ClFNO/c1-9(2)7-17-6-5-10-8-18-14-11(10)3-4-12(15)13(14)16/h3-4,8-9,17H,5-7H2,1-2H3. The Bertz CT molecular complexity index is 536. The Morgan fingerprint density at radius 1 is 1.39 bits per heavy atom. The number of nitrogens with one attached hydrogen (secondary N) is 1. The van der Waals surface area contributed by atoms with Crippen molar-refractivity contribution >= 4 is 22.6 Å². The van der Waals surface area contributed by atoms with E-state index in [0.717, 1.165) is 30.5 Å². The molecule has 0 saturated carbocycles. The van der Waals surface area contributed by atoms with Crippen LogP contribution in [0.4, 0.5) is 4.39 Å². The van der Waals surface area contributed by atoms with E-state index in [-0.39, 0.29) is 10.6 Å². The highest BCUT2D eigenvalue weighted by molar-refractivity contribution is 6.31. The van der Waals surface area contributed by atoms with Crippen LogP contribution >= 0.6 is 11.6 Å². The van der Waals surface area contributed by atoms with Gasteiger partial charge in [0.15, 0.2) is 11.4 Å². The van der Waals surface area contributed by atoms with Crippen LogP contribution < -0.4 is 5.32 Å². The first-order chi connectivity index (χ1) is 8.59. The maximum Gasteiger partial charge on any atom is 0.184 e. The minimum absolute atomic E-state index is 0.0985. The second-order valence-electron chi connectivity index (χ2n) is 4.85. The zero-order valence-electron chi connectivity index (χ0n) is 10.6. The van der Waals surface area contributed by atoms with Gasteiger partial charge in [-0.3, -0.25) is 0 Å². The van der Waals surface area contributed by atoms with E-state index in [1.165, 1.54) is 0 Å². The number of halogens is 2. The SMILES string of the molecule is CC(C)CNCCc1coc2c(F)c(Cl)ccc12. The third-order valence-electron chi connectivity index (χ3n) is 2.84. The quantitative estimate of drug-likeness (QED) is 0.830. The predicted octanol–water partition coefficient (Wildman–Crippen LogP) is 4.01. The van der Waals surface area contributed by atoms with E-state index < -0.39 is 5.82 Å². The summed E-state index contributed by atoms with van der Waals surface area (Å²) in [5, 5.41) is 4.26. The normalized spacial score (nSPS) is 11.6. The van der Waals surface area contributed by atoms with Crippen LogP contribution in [-0.2, 0) is 6.42 Å². The summed E-state index contributed by atoms with van der Waals surface area (Å²) >= 11 is 5.71. The molecule has 1 aromatic heterocycles. The molecule has 18 heavy (non-hydrogen) atoms. The summed E-state index contributed by atoms with van der Waals surface area (Å²) in [5.74, 6) is 0.151. The lowest BCUT2D eigenvalue weighted by Gasteiger charge is -2.06. The molecular formula is C14H17ClFNO. The fourth-order valence-electron chi connectivity index (χ4n) is 1.90. The maximum atomic E-state index is 13.7. The number of hydrogen-bond acceptors (Lipinski definition) is 2. The van der Waals surface area contributed by atoms with Gasteiger partial charge < -0.3 is 9.73 Å². The lowest BCUT2D eigenvalue weighted by atomic mass is 10.1. The summed E-state index contributed by atoms with van der Waals surface area (Å²) in [6.07, 6.45) is 2.43. The van der Waals surface area contributed by atoms with Crippen molar-refractivity contribution in [1.82, 2.24) is 5.32 Å². The number of rotatable bonds is 5. The molecule has 0 atom stereocenters. The average molecular weight is 270 g/mol. The van der Waals surface area contributed by atoms with Gasteiger partial charge in [0.1, 0.15) is 0 Å². The summed E-state index contributed by atoms with van der Waals surface area (Å²) in [7, 11) is 0. The first-order valence-corrected chi connectivity index (χ1v) is 6.52. The van der Waals surface area contributed by atoms with Crippen LogP contribution in [0.15, 0.2) is 22.8 Å². The van der Waals surface area contributed by atoms with Crippen molar-refractivity contribution in [2.24, 2.45) is 5.92 Å². The molecule has 98 valence electrons. The Labute approximate surface area is 111 Å². The molecule has 4 heteroatoms. The van der Waals surface area contributed by atoms with E-state index in [0.29, 0.717) is 5.92 Å². The Hall–Kier alpha value is -1.06. The van der Waals surface area contributed by atoms with Crippen molar-refractivity contribution in [3.8, 4) is 0 Å². The molecule has 0 spiro atoms. The van der Waals surface area contributed by atoms with Crippen molar-refractivity contribution in [2.75, 3.05) is 13.1 Å². The van der Waals surface area contributed by atoms with E-state index >= 15 is 0 Å². The lowest BCUT2D eigenvalue weighted by molar-refractivity contribution is 0.547. The van der Waals surface area contributed by atoms with E-state index in [2.05, 4.69) is 19.2 Å². The van der Waals surface area contributed by atoms with Gasteiger partial charge in [0.2, 0.25) is 0 Å². The first-order valence-electron chi connectivity index (χ1n) is 6.14. The number of hydrogen-bond donors (Lipinski definition) is 1. The van der Waals surface area contributed by atoms with Crippen LogP contribution in [0.1, 0.15) is 19.4 Å². The second-order valence-corrected chi connectivity index (χ2v) is 5.25. The third-order valence-corrected chi connectivity index (χ3v) is 3.13. The fraction of sp³-hybridized carbons (Fsp3) is 0.429. The number of benzene rings is 1. The van der Waals surface area contributed by atoms with Crippen molar-refractivity contribution in [1.29, 1.82) is 0 Å². The highest BCUT2D eigenvalue weighted by Gasteiger charge is 2.12.